The molecule has 1 aromatic carbocycles. The highest BCUT2D eigenvalue weighted by atomic mass is 19.1. The first-order valence-electron chi connectivity index (χ1n) is 6.43. The topological polar surface area (TPSA) is 60.9 Å². The van der Waals surface area contributed by atoms with Crippen molar-refractivity contribution in [1.82, 2.24) is 4.90 Å². The minimum atomic E-state index is -1.22. The van der Waals surface area contributed by atoms with Gasteiger partial charge in [0.15, 0.2) is 0 Å². The molecular weight excluding hydrogens is 263 g/mol. The summed E-state index contributed by atoms with van der Waals surface area (Å²) in [6.07, 6.45) is 0. The minimum absolute atomic E-state index is 0.0666. The molecule has 1 amide bonds. The van der Waals surface area contributed by atoms with Crippen LogP contribution in [0.2, 0.25) is 0 Å². The molecule has 6 heteroatoms. The molecule has 0 spiro atoms. The molecule has 0 heterocycles. The van der Waals surface area contributed by atoms with Crippen LogP contribution >= 0.6 is 0 Å². The second kappa shape index (κ2) is 6.88. The predicted molar refractivity (Wildman–Crippen MR) is 74.6 cm³/mol. The van der Waals surface area contributed by atoms with Gasteiger partial charge in [-0.05, 0) is 26.0 Å². The lowest BCUT2D eigenvalue weighted by molar-refractivity contribution is -0.129. The van der Waals surface area contributed by atoms with Crippen molar-refractivity contribution in [1.29, 1.82) is 0 Å². The van der Waals surface area contributed by atoms with Crippen molar-refractivity contribution in [3.05, 3.63) is 29.6 Å². The summed E-state index contributed by atoms with van der Waals surface area (Å²) in [7, 11) is 1.51. The molecule has 0 aromatic heterocycles. The molecule has 0 atom stereocenters. The van der Waals surface area contributed by atoms with Crippen LogP contribution in [0.1, 0.15) is 24.2 Å². The summed E-state index contributed by atoms with van der Waals surface area (Å²) in [5.74, 6) is -2.04. The molecular formula is C14H19FN2O3. The zero-order chi connectivity index (χ0) is 15.3. The lowest BCUT2D eigenvalue weighted by atomic mass is 10.1. The molecule has 0 saturated heterocycles. The summed E-state index contributed by atoms with van der Waals surface area (Å²) in [4.78, 5) is 26.1. The van der Waals surface area contributed by atoms with E-state index in [-0.39, 0.29) is 23.7 Å². The van der Waals surface area contributed by atoms with E-state index in [1.807, 2.05) is 13.8 Å². The number of carboxylic acid groups (broad SMARTS) is 1. The average molecular weight is 282 g/mol. The van der Waals surface area contributed by atoms with Crippen LogP contribution in [0.15, 0.2) is 18.2 Å². The SMILES string of the molecule is CCN(CC)C(=O)CN(C)c1c(F)cccc1C(=O)O. The van der Waals surface area contributed by atoms with Crippen LogP contribution in [0.3, 0.4) is 0 Å². The predicted octanol–water partition coefficient (Wildman–Crippen LogP) is 1.83. The standard InChI is InChI=1S/C14H19FN2O3/c1-4-17(5-2)12(18)9-16(3)13-10(14(19)20)7-6-8-11(13)15/h6-8H,4-5,9H2,1-3H3,(H,19,20). The highest BCUT2D eigenvalue weighted by Crippen LogP contribution is 2.23. The Hall–Kier alpha value is -2.11. The number of halogens is 1. The maximum atomic E-state index is 13.8. The average Bonchev–Trinajstić information content (AvgIpc) is 2.39. The van der Waals surface area contributed by atoms with Gasteiger partial charge in [-0.3, -0.25) is 4.79 Å². The molecule has 1 rings (SSSR count). The van der Waals surface area contributed by atoms with Gasteiger partial charge in [0.2, 0.25) is 5.91 Å². The lowest BCUT2D eigenvalue weighted by Crippen LogP contribution is -2.39. The first kappa shape index (κ1) is 15.9. The van der Waals surface area contributed by atoms with E-state index in [9.17, 15) is 14.0 Å². The smallest absolute Gasteiger partial charge is 0.337 e. The quantitative estimate of drug-likeness (QED) is 0.864. The number of amides is 1. The van der Waals surface area contributed by atoms with Crippen molar-refractivity contribution in [2.24, 2.45) is 0 Å². The monoisotopic (exact) mass is 282 g/mol. The fourth-order valence-corrected chi connectivity index (χ4v) is 2.03. The third kappa shape index (κ3) is 3.46. The number of likely N-dealkylation sites (N-methyl/N-ethyl adjacent to an activating group) is 2. The molecule has 0 saturated carbocycles. The molecule has 110 valence electrons. The van der Waals surface area contributed by atoms with Crippen molar-refractivity contribution >= 4 is 17.6 Å². The number of carbonyl (C=O) groups excluding carboxylic acids is 1. The molecule has 1 N–H and O–H groups in total. The van der Waals surface area contributed by atoms with Gasteiger partial charge < -0.3 is 14.9 Å². The fraction of sp³-hybridized carbons (Fsp3) is 0.429. The first-order valence-corrected chi connectivity index (χ1v) is 6.43. The second-order valence-corrected chi connectivity index (χ2v) is 4.36. The molecule has 1 aromatic rings. The lowest BCUT2D eigenvalue weighted by Gasteiger charge is -2.25. The highest BCUT2D eigenvalue weighted by Gasteiger charge is 2.20. The van der Waals surface area contributed by atoms with Gasteiger partial charge in [0.05, 0.1) is 17.8 Å². The third-order valence-corrected chi connectivity index (χ3v) is 3.09. The van der Waals surface area contributed by atoms with E-state index in [1.165, 1.54) is 30.1 Å². The van der Waals surface area contributed by atoms with E-state index in [2.05, 4.69) is 0 Å². The van der Waals surface area contributed by atoms with Crippen molar-refractivity contribution in [2.75, 3.05) is 31.6 Å². The molecule has 0 unspecified atom stereocenters. The van der Waals surface area contributed by atoms with Crippen molar-refractivity contribution < 1.29 is 19.1 Å². The van der Waals surface area contributed by atoms with Gasteiger partial charge in [-0.2, -0.15) is 0 Å². The second-order valence-electron chi connectivity index (χ2n) is 4.36. The van der Waals surface area contributed by atoms with E-state index in [0.29, 0.717) is 13.1 Å². The third-order valence-electron chi connectivity index (χ3n) is 3.09. The van der Waals surface area contributed by atoms with Gasteiger partial charge >= 0.3 is 5.97 Å². The summed E-state index contributed by atoms with van der Waals surface area (Å²) in [6.45, 7) is 4.77. The van der Waals surface area contributed by atoms with Gasteiger partial charge in [0.25, 0.3) is 0 Å². The molecule has 5 nitrogen and oxygen atoms in total. The number of hydrogen-bond acceptors (Lipinski definition) is 3. The van der Waals surface area contributed by atoms with Crippen molar-refractivity contribution in [2.45, 2.75) is 13.8 Å². The number of hydrogen-bond donors (Lipinski definition) is 1. The maximum Gasteiger partial charge on any atom is 0.337 e. The van der Waals surface area contributed by atoms with E-state index < -0.39 is 11.8 Å². The number of carbonyl (C=O) groups is 2. The number of nitrogens with zero attached hydrogens (tertiary/aromatic N) is 2. The fourth-order valence-electron chi connectivity index (χ4n) is 2.03. The van der Waals surface area contributed by atoms with Crippen LogP contribution in [0.25, 0.3) is 0 Å². The number of anilines is 1. The highest BCUT2D eigenvalue weighted by molar-refractivity contribution is 5.95. The van der Waals surface area contributed by atoms with Crippen molar-refractivity contribution in [3.63, 3.8) is 0 Å². The van der Waals surface area contributed by atoms with Crippen LogP contribution in [0.4, 0.5) is 10.1 Å². The molecule has 0 aliphatic heterocycles. The zero-order valence-electron chi connectivity index (χ0n) is 11.9. The minimum Gasteiger partial charge on any atom is -0.478 e. The number of para-hydroxylation sites is 1. The van der Waals surface area contributed by atoms with Crippen LogP contribution < -0.4 is 4.90 Å². The first-order chi connectivity index (χ1) is 9.42. The summed E-state index contributed by atoms with van der Waals surface area (Å²) < 4.78 is 13.8. The largest absolute Gasteiger partial charge is 0.478 e. The number of benzene rings is 1. The zero-order valence-corrected chi connectivity index (χ0v) is 11.9. The van der Waals surface area contributed by atoms with E-state index in [4.69, 9.17) is 5.11 Å². The van der Waals surface area contributed by atoms with Crippen LogP contribution in [0.5, 0.6) is 0 Å². The molecule has 0 fully saturated rings. The number of aromatic carboxylic acids is 1. The van der Waals surface area contributed by atoms with Crippen LogP contribution in [0, 0.1) is 5.82 Å². The summed E-state index contributed by atoms with van der Waals surface area (Å²) >= 11 is 0. The summed E-state index contributed by atoms with van der Waals surface area (Å²) in [5.41, 5.74) is -0.222. The molecule has 20 heavy (non-hydrogen) atoms. The van der Waals surface area contributed by atoms with E-state index >= 15 is 0 Å². The van der Waals surface area contributed by atoms with Gasteiger partial charge in [0, 0.05) is 20.1 Å². The molecule has 0 aliphatic carbocycles. The maximum absolute atomic E-state index is 13.8. The summed E-state index contributed by atoms with van der Waals surface area (Å²) in [6, 6.07) is 3.83. The van der Waals surface area contributed by atoms with Gasteiger partial charge in [-0.25, -0.2) is 9.18 Å². The van der Waals surface area contributed by atoms with E-state index in [1.54, 1.807) is 4.90 Å². The Morgan fingerprint density at radius 2 is 1.85 bits per heavy atom. The molecule has 0 bridgehead atoms. The summed E-state index contributed by atoms with van der Waals surface area (Å²) in [5, 5.41) is 9.09. The van der Waals surface area contributed by atoms with Gasteiger partial charge in [-0.1, -0.05) is 6.07 Å². The van der Waals surface area contributed by atoms with Gasteiger partial charge in [-0.15, -0.1) is 0 Å². The van der Waals surface area contributed by atoms with Crippen LogP contribution in [-0.4, -0.2) is 48.6 Å². The Morgan fingerprint density at radius 3 is 2.35 bits per heavy atom. The van der Waals surface area contributed by atoms with Crippen LogP contribution in [-0.2, 0) is 4.79 Å². The number of rotatable bonds is 6. The normalized spacial score (nSPS) is 10.2. The molecule has 0 aliphatic rings. The Balaban J connectivity index is 3.01. The Morgan fingerprint density at radius 1 is 1.25 bits per heavy atom. The Labute approximate surface area is 117 Å². The number of carboxylic acids is 1. The Bertz CT molecular complexity index is 501. The van der Waals surface area contributed by atoms with Crippen molar-refractivity contribution in [3.8, 4) is 0 Å². The Kier molecular flexibility index (Phi) is 5.49. The molecule has 0 radical (unpaired) electrons. The van der Waals surface area contributed by atoms with Gasteiger partial charge in [0.1, 0.15) is 5.82 Å². The van der Waals surface area contributed by atoms with E-state index in [0.717, 1.165) is 0 Å².